The van der Waals surface area contributed by atoms with Crippen molar-refractivity contribution in [2.45, 2.75) is 56.0 Å². The van der Waals surface area contributed by atoms with Crippen molar-refractivity contribution in [1.29, 1.82) is 0 Å². The van der Waals surface area contributed by atoms with E-state index < -0.39 is 42.1 Å². The summed E-state index contributed by atoms with van der Waals surface area (Å²) in [6.07, 6.45) is -2.07. The van der Waals surface area contributed by atoms with Gasteiger partial charge in [0.25, 0.3) is 0 Å². The van der Waals surface area contributed by atoms with Crippen LogP contribution in [-0.4, -0.2) is 44.0 Å². The summed E-state index contributed by atoms with van der Waals surface area (Å²) in [4.78, 5) is 15.5. The van der Waals surface area contributed by atoms with Crippen molar-refractivity contribution in [3.63, 3.8) is 0 Å². The molecule has 0 aliphatic heterocycles. The minimum atomic E-state index is -5.06. The lowest BCUT2D eigenvalue weighted by Gasteiger charge is -2.32. The van der Waals surface area contributed by atoms with Gasteiger partial charge < -0.3 is 20.1 Å². The summed E-state index contributed by atoms with van der Waals surface area (Å²) in [7, 11) is 1.31. The fourth-order valence-electron chi connectivity index (χ4n) is 2.84. The molecule has 1 aromatic rings. The molecule has 6 nitrogen and oxygen atoms in total. The largest absolute Gasteiger partial charge is 0.425 e. The summed E-state index contributed by atoms with van der Waals surface area (Å²) < 4.78 is 41.0. The van der Waals surface area contributed by atoms with Gasteiger partial charge in [-0.3, -0.25) is 4.79 Å². The Morgan fingerprint density at radius 3 is 2.61 bits per heavy atom. The van der Waals surface area contributed by atoms with Gasteiger partial charge in [-0.25, -0.2) is 4.98 Å². The molecule has 1 saturated carbocycles. The van der Waals surface area contributed by atoms with Crippen molar-refractivity contribution in [3.05, 3.63) is 18.2 Å². The van der Waals surface area contributed by atoms with Gasteiger partial charge in [-0.2, -0.15) is 13.2 Å². The lowest BCUT2D eigenvalue weighted by atomic mass is 9.91. The maximum Gasteiger partial charge on any atom is 0.425 e. The van der Waals surface area contributed by atoms with Crippen LogP contribution in [0.4, 0.5) is 13.2 Å². The van der Waals surface area contributed by atoms with Crippen molar-refractivity contribution in [3.8, 4) is 0 Å². The van der Waals surface area contributed by atoms with Crippen molar-refractivity contribution in [1.82, 2.24) is 14.9 Å². The zero-order chi connectivity index (χ0) is 17.3. The van der Waals surface area contributed by atoms with E-state index in [0.29, 0.717) is 12.8 Å². The number of nitrogens with one attached hydrogen (secondary N) is 1. The summed E-state index contributed by atoms with van der Waals surface area (Å²) in [5.74, 6) is -1.62. The van der Waals surface area contributed by atoms with Crippen LogP contribution >= 0.6 is 0 Å². The molecule has 3 N–H and O–H groups in total. The molecular formula is C14H20F3N3O3. The maximum atomic E-state index is 13.3. The highest BCUT2D eigenvalue weighted by atomic mass is 19.4. The average molecular weight is 335 g/mol. The van der Waals surface area contributed by atoms with Crippen LogP contribution in [0, 0.1) is 0 Å². The molecule has 1 aromatic heterocycles. The predicted molar refractivity (Wildman–Crippen MR) is 74.2 cm³/mol. The minimum absolute atomic E-state index is 0.494. The summed E-state index contributed by atoms with van der Waals surface area (Å²) in [6.45, 7) is 0. The molecule has 3 unspecified atom stereocenters. The van der Waals surface area contributed by atoms with Crippen molar-refractivity contribution in [2.75, 3.05) is 0 Å². The van der Waals surface area contributed by atoms with Gasteiger partial charge in [0.2, 0.25) is 11.5 Å². The van der Waals surface area contributed by atoms with Crippen LogP contribution in [0.15, 0.2) is 12.4 Å². The molecule has 0 aromatic carbocycles. The van der Waals surface area contributed by atoms with Crippen LogP contribution in [-0.2, 0) is 17.4 Å². The Labute approximate surface area is 131 Å². The molecule has 0 saturated heterocycles. The highest BCUT2D eigenvalue weighted by molar-refractivity contribution is 5.77. The van der Waals surface area contributed by atoms with Crippen molar-refractivity contribution >= 4 is 5.91 Å². The number of hydrogen-bond acceptors (Lipinski definition) is 4. The quantitative estimate of drug-likeness (QED) is 0.765. The summed E-state index contributed by atoms with van der Waals surface area (Å²) >= 11 is 0. The van der Waals surface area contributed by atoms with Gasteiger partial charge in [0, 0.05) is 19.4 Å². The second kappa shape index (κ2) is 6.48. The summed E-state index contributed by atoms with van der Waals surface area (Å²) in [5, 5.41) is 22.3. The zero-order valence-corrected chi connectivity index (χ0v) is 12.7. The zero-order valence-electron chi connectivity index (χ0n) is 12.7. The fourth-order valence-corrected chi connectivity index (χ4v) is 2.84. The van der Waals surface area contributed by atoms with E-state index in [1.165, 1.54) is 13.2 Å². The Balaban J connectivity index is 2.15. The number of hydrogen-bond donors (Lipinski definition) is 3. The van der Waals surface area contributed by atoms with Gasteiger partial charge in [-0.05, 0) is 12.8 Å². The maximum absolute atomic E-state index is 13.3. The van der Waals surface area contributed by atoms with Crippen LogP contribution < -0.4 is 5.32 Å². The molecule has 0 bridgehead atoms. The number of carbonyl (C=O) groups is 1. The van der Waals surface area contributed by atoms with Crippen LogP contribution in [0.5, 0.6) is 0 Å². The molecule has 9 heteroatoms. The molecule has 2 rings (SSSR count). The highest BCUT2D eigenvalue weighted by Crippen LogP contribution is 2.40. The Morgan fingerprint density at radius 1 is 1.43 bits per heavy atom. The first kappa shape index (κ1) is 17.7. The Bertz CT molecular complexity index is 561. The number of aliphatic hydroxyl groups is 2. The standard InChI is InChI=1S/C14H20F3N3O3/c1-20-7-6-18-12(20)13(23,14(15,16)17)8-11(22)19-9-4-2-3-5-10(9)21/h6-7,9-10,21,23H,2-5,8H2,1H3,(H,19,22). The molecule has 1 amide bonds. The highest BCUT2D eigenvalue weighted by Gasteiger charge is 2.58. The molecule has 1 aliphatic rings. The molecule has 1 aliphatic carbocycles. The number of aliphatic hydroxyl groups excluding tert-OH is 1. The molecule has 1 fully saturated rings. The van der Waals surface area contributed by atoms with Crippen LogP contribution in [0.1, 0.15) is 37.9 Å². The van der Waals surface area contributed by atoms with Crippen LogP contribution in [0.25, 0.3) is 0 Å². The van der Waals surface area contributed by atoms with E-state index in [9.17, 15) is 28.2 Å². The molecule has 3 atom stereocenters. The van der Waals surface area contributed by atoms with Crippen molar-refractivity contribution < 1.29 is 28.2 Å². The second-order valence-corrected chi connectivity index (χ2v) is 5.92. The SMILES string of the molecule is Cn1ccnc1C(O)(CC(=O)NC1CCCCC1O)C(F)(F)F. The first-order valence-corrected chi connectivity index (χ1v) is 7.39. The minimum Gasteiger partial charge on any atom is -0.391 e. The van der Waals surface area contributed by atoms with E-state index in [4.69, 9.17) is 0 Å². The van der Waals surface area contributed by atoms with Crippen LogP contribution in [0.2, 0.25) is 0 Å². The van der Waals surface area contributed by atoms with Gasteiger partial charge in [-0.15, -0.1) is 0 Å². The summed E-state index contributed by atoms with van der Waals surface area (Å²) in [6, 6.07) is -0.588. The normalized spacial score (nSPS) is 25.0. The van der Waals surface area contributed by atoms with Gasteiger partial charge in [0.1, 0.15) is 0 Å². The molecule has 0 spiro atoms. The third-order valence-electron chi connectivity index (χ3n) is 4.15. The topological polar surface area (TPSA) is 87.4 Å². The van der Waals surface area contributed by atoms with Crippen LogP contribution in [0.3, 0.4) is 0 Å². The molecule has 0 radical (unpaired) electrons. The first-order valence-electron chi connectivity index (χ1n) is 7.39. The number of imidazole rings is 1. The molecule has 1 heterocycles. The second-order valence-electron chi connectivity index (χ2n) is 5.92. The number of aromatic nitrogens is 2. The first-order chi connectivity index (χ1) is 10.6. The van der Waals surface area contributed by atoms with E-state index in [2.05, 4.69) is 10.3 Å². The number of alkyl halides is 3. The van der Waals surface area contributed by atoms with Gasteiger partial charge in [-0.1, -0.05) is 12.8 Å². The average Bonchev–Trinajstić information content (AvgIpc) is 2.86. The monoisotopic (exact) mass is 335 g/mol. The molecule has 23 heavy (non-hydrogen) atoms. The van der Waals surface area contributed by atoms with E-state index in [-0.39, 0.29) is 0 Å². The van der Waals surface area contributed by atoms with E-state index in [0.717, 1.165) is 23.6 Å². The number of aryl methyl sites for hydroxylation is 1. The number of amides is 1. The lowest BCUT2D eigenvalue weighted by Crippen LogP contribution is -2.51. The number of nitrogens with zero attached hydrogens (tertiary/aromatic N) is 2. The third-order valence-corrected chi connectivity index (χ3v) is 4.15. The molecular weight excluding hydrogens is 315 g/mol. The summed E-state index contributed by atoms with van der Waals surface area (Å²) in [5.41, 5.74) is -3.38. The Hall–Kier alpha value is -1.61. The van der Waals surface area contributed by atoms with E-state index >= 15 is 0 Å². The smallest absolute Gasteiger partial charge is 0.391 e. The fraction of sp³-hybridized carbons (Fsp3) is 0.714. The van der Waals surface area contributed by atoms with Crippen molar-refractivity contribution in [2.24, 2.45) is 7.05 Å². The molecule has 130 valence electrons. The number of halogens is 3. The number of rotatable bonds is 4. The lowest BCUT2D eigenvalue weighted by molar-refractivity contribution is -0.271. The Morgan fingerprint density at radius 2 is 2.09 bits per heavy atom. The Kier molecular flexibility index (Phi) is 5.00. The third kappa shape index (κ3) is 3.66. The van der Waals surface area contributed by atoms with Gasteiger partial charge in [0.15, 0.2) is 5.82 Å². The van der Waals surface area contributed by atoms with E-state index in [1.807, 2.05) is 0 Å². The van der Waals surface area contributed by atoms with Gasteiger partial charge in [0.05, 0.1) is 18.6 Å². The number of carbonyl (C=O) groups excluding carboxylic acids is 1. The van der Waals surface area contributed by atoms with Gasteiger partial charge >= 0.3 is 6.18 Å². The van der Waals surface area contributed by atoms with E-state index in [1.54, 1.807) is 0 Å². The predicted octanol–water partition coefficient (Wildman–Crippen LogP) is 0.980.